The molecule has 0 atom stereocenters. The number of methoxy groups -OCH3 is 1. The summed E-state index contributed by atoms with van der Waals surface area (Å²) in [5.41, 5.74) is 1.93. The molecule has 0 aliphatic carbocycles. The van der Waals surface area contributed by atoms with Crippen LogP contribution in [-0.4, -0.2) is 33.2 Å². The standard InChI is InChI=1S/C10H11N5O2/c1-15-6-9(13-14-15)8-4-3-7(5-11-8)12-10(16)17-2/h3-6H,1-2H3,(H,12,16). The topological polar surface area (TPSA) is 81.9 Å². The number of hydrogen-bond acceptors (Lipinski definition) is 5. The van der Waals surface area contributed by atoms with Crippen molar-refractivity contribution in [3.63, 3.8) is 0 Å². The van der Waals surface area contributed by atoms with Gasteiger partial charge in [0.25, 0.3) is 0 Å². The van der Waals surface area contributed by atoms with Crippen LogP contribution in [0.25, 0.3) is 11.4 Å². The van der Waals surface area contributed by atoms with Gasteiger partial charge in [-0.1, -0.05) is 5.21 Å². The number of anilines is 1. The van der Waals surface area contributed by atoms with E-state index >= 15 is 0 Å². The van der Waals surface area contributed by atoms with E-state index in [4.69, 9.17) is 0 Å². The van der Waals surface area contributed by atoms with Crippen LogP contribution in [0.5, 0.6) is 0 Å². The molecule has 0 spiro atoms. The molecule has 7 heteroatoms. The Labute approximate surface area is 97.4 Å². The Hall–Kier alpha value is -2.44. The van der Waals surface area contributed by atoms with Gasteiger partial charge in [0.1, 0.15) is 5.69 Å². The highest BCUT2D eigenvalue weighted by atomic mass is 16.5. The lowest BCUT2D eigenvalue weighted by molar-refractivity contribution is 0.187. The molecule has 0 radical (unpaired) electrons. The van der Waals surface area contributed by atoms with Crippen molar-refractivity contribution in [2.24, 2.45) is 7.05 Å². The molecular weight excluding hydrogens is 222 g/mol. The van der Waals surface area contributed by atoms with Crippen molar-refractivity contribution >= 4 is 11.8 Å². The Morgan fingerprint density at radius 3 is 2.76 bits per heavy atom. The zero-order valence-electron chi connectivity index (χ0n) is 9.41. The lowest BCUT2D eigenvalue weighted by atomic mass is 10.3. The van der Waals surface area contributed by atoms with Gasteiger partial charge in [-0.05, 0) is 12.1 Å². The van der Waals surface area contributed by atoms with Crippen LogP contribution in [0.4, 0.5) is 10.5 Å². The number of nitrogens with zero attached hydrogens (tertiary/aromatic N) is 4. The van der Waals surface area contributed by atoms with Crippen molar-refractivity contribution in [1.82, 2.24) is 20.0 Å². The molecule has 0 bridgehead atoms. The molecule has 88 valence electrons. The van der Waals surface area contributed by atoms with Gasteiger partial charge < -0.3 is 4.74 Å². The number of aromatic nitrogens is 4. The van der Waals surface area contributed by atoms with Crippen LogP contribution in [-0.2, 0) is 11.8 Å². The van der Waals surface area contributed by atoms with Crippen LogP contribution >= 0.6 is 0 Å². The predicted molar refractivity (Wildman–Crippen MR) is 60.3 cm³/mol. The Kier molecular flexibility index (Phi) is 2.99. The third-order valence-corrected chi connectivity index (χ3v) is 2.06. The van der Waals surface area contributed by atoms with Gasteiger partial charge in [0.05, 0.1) is 30.9 Å². The van der Waals surface area contributed by atoms with E-state index in [1.165, 1.54) is 13.3 Å². The van der Waals surface area contributed by atoms with E-state index in [9.17, 15) is 4.79 Å². The summed E-state index contributed by atoms with van der Waals surface area (Å²) >= 11 is 0. The summed E-state index contributed by atoms with van der Waals surface area (Å²) in [5.74, 6) is 0. The number of aryl methyl sites for hydroxylation is 1. The van der Waals surface area contributed by atoms with Crippen molar-refractivity contribution in [2.45, 2.75) is 0 Å². The number of nitrogens with one attached hydrogen (secondary N) is 1. The molecule has 0 aromatic carbocycles. The molecule has 0 fully saturated rings. The highest BCUT2D eigenvalue weighted by Crippen LogP contribution is 2.15. The van der Waals surface area contributed by atoms with Crippen molar-refractivity contribution in [2.75, 3.05) is 12.4 Å². The minimum atomic E-state index is -0.529. The molecule has 2 aromatic rings. The summed E-state index contributed by atoms with van der Waals surface area (Å²) in [6.45, 7) is 0. The first-order valence-corrected chi connectivity index (χ1v) is 4.87. The Bertz CT molecular complexity index is 520. The van der Waals surface area contributed by atoms with E-state index in [0.29, 0.717) is 17.1 Å². The van der Waals surface area contributed by atoms with E-state index in [-0.39, 0.29) is 0 Å². The van der Waals surface area contributed by atoms with Crippen molar-refractivity contribution in [3.05, 3.63) is 24.5 Å². The minimum Gasteiger partial charge on any atom is -0.453 e. The van der Waals surface area contributed by atoms with E-state index in [2.05, 4.69) is 25.3 Å². The van der Waals surface area contributed by atoms with Gasteiger partial charge in [-0.15, -0.1) is 5.10 Å². The van der Waals surface area contributed by atoms with Crippen molar-refractivity contribution in [3.8, 4) is 11.4 Å². The van der Waals surface area contributed by atoms with Gasteiger partial charge in [0, 0.05) is 7.05 Å². The number of carbonyl (C=O) groups is 1. The normalized spacial score (nSPS) is 10.0. The Balaban J connectivity index is 2.15. The average Bonchev–Trinajstić information content (AvgIpc) is 2.77. The number of hydrogen-bond donors (Lipinski definition) is 1. The molecular formula is C10H11N5O2. The molecule has 17 heavy (non-hydrogen) atoms. The fourth-order valence-corrected chi connectivity index (χ4v) is 1.25. The fraction of sp³-hybridized carbons (Fsp3) is 0.200. The smallest absolute Gasteiger partial charge is 0.411 e. The predicted octanol–water partition coefficient (Wildman–Crippen LogP) is 1.06. The van der Waals surface area contributed by atoms with Crippen molar-refractivity contribution < 1.29 is 9.53 Å². The van der Waals surface area contributed by atoms with Gasteiger partial charge in [0.2, 0.25) is 0 Å². The number of pyridine rings is 1. The first-order valence-electron chi connectivity index (χ1n) is 4.87. The molecule has 1 N–H and O–H groups in total. The molecule has 0 unspecified atom stereocenters. The van der Waals surface area contributed by atoms with Crippen LogP contribution in [0.1, 0.15) is 0 Å². The molecule has 1 amide bonds. The Morgan fingerprint density at radius 2 is 2.24 bits per heavy atom. The lowest BCUT2D eigenvalue weighted by Crippen LogP contribution is -2.10. The Morgan fingerprint density at radius 1 is 1.41 bits per heavy atom. The van der Waals surface area contributed by atoms with Crippen LogP contribution in [0.2, 0.25) is 0 Å². The van der Waals surface area contributed by atoms with Crippen molar-refractivity contribution in [1.29, 1.82) is 0 Å². The van der Waals surface area contributed by atoms with Crippen LogP contribution in [0, 0.1) is 0 Å². The maximum atomic E-state index is 11.0. The molecule has 2 aromatic heterocycles. The third kappa shape index (κ3) is 2.57. The summed E-state index contributed by atoms with van der Waals surface area (Å²) < 4.78 is 6.06. The second-order valence-electron chi connectivity index (χ2n) is 3.33. The van der Waals surface area contributed by atoms with Gasteiger partial charge in [0.15, 0.2) is 0 Å². The molecule has 0 aliphatic heterocycles. The molecule has 7 nitrogen and oxygen atoms in total. The minimum absolute atomic E-state index is 0.529. The zero-order valence-corrected chi connectivity index (χ0v) is 9.41. The van der Waals surface area contributed by atoms with Gasteiger partial charge in [-0.3, -0.25) is 15.0 Å². The first-order chi connectivity index (χ1) is 8.19. The first kappa shape index (κ1) is 11.1. The summed E-state index contributed by atoms with van der Waals surface area (Å²) in [4.78, 5) is 15.1. The van der Waals surface area contributed by atoms with E-state index in [0.717, 1.165) is 0 Å². The largest absolute Gasteiger partial charge is 0.453 e. The number of rotatable bonds is 2. The summed E-state index contributed by atoms with van der Waals surface area (Å²) in [6, 6.07) is 3.46. The highest BCUT2D eigenvalue weighted by Gasteiger charge is 2.05. The quantitative estimate of drug-likeness (QED) is 0.838. The second-order valence-corrected chi connectivity index (χ2v) is 3.33. The molecule has 0 aliphatic rings. The monoisotopic (exact) mass is 233 g/mol. The van der Waals surface area contributed by atoms with Gasteiger partial charge in [-0.2, -0.15) is 0 Å². The fourth-order valence-electron chi connectivity index (χ4n) is 1.25. The van der Waals surface area contributed by atoms with E-state index in [1.54, 1.807) is 30.1 Å². The molecule has 0 saturated heterocycles. The van der Waals surface area contributed by atoms with E-state index in [1.807, 2.05) is 0 Å². The van der Waals surface area contributed by atoms with Crippen LogP contribution in [0.3, 0.4) is 0 Å². The average molecular weight is 233 g/mol. The maximum Gasteiger partial charge on any atom is 0.411 e. The highest BCUT2D eigenvalue weighted by molar-refractivity contribution is 5.84. The number of amides is 1. The summed E-state index contributed by atoms with van der Waals surface area (Å²) in [7, 11) is 3.08. The summed E-state index contributed by atoms with van der Waals surface area (Å²) in [5, 5.41) is 10.3. The van der Waals surface area contributed by atoms with Gasteiger partial charge >= 0.3 is 6.09 Å². The SMILES string of the molecule is COC(=O)Nc1ccc(-c2cn(C)nn2)nc1. The third-order valence-electron chi connectivity index (χ3n) is 2.06. The van der Waals surface area contributed by atoms with Crippen LogP contribution < -0.4 is 5.32 Å². The molecule has 0 saturated carbocycles. The zero-order chi connectivity index (χ0) is 12.3. The number of carbonyl (C=O) groups excluding carboxylic acids is 1. The summed E-state index contributed by atoms with van der Waals surface area (Å²) in [6.07, 6.45) is 2.76. The molecule has 2 heterocycles. The maximum absolute atomic E-state index is 11.0. The second kappa shape index (κ2) is 4.60. The lowest BCUT2D eigenvalue weighted by Gasteiger charge is -2.02. The van der Waals surface area contributed by atoms with Crippen LogP contribution in [0.15, 0.2) is 24.5 Å². The molecule has 2 rings (SSSR count). The van der Waals surface area contributed by atoms with E-state index < -0.39 is 6.09 Å². The van der Waals surface area contributed by atoms with Gasteiger partial charge in [-0.25, -0.2) is 4.79 Å². The number of ether oxygens (including phenoxy) is 1.